The summed E-state index contributed by atoms with van der Waals surface area (Å²) in [4.78, 5) is 12.5. The van der Waals surface area contributed by atoms with Crippen molar-refractivity contribution >= 4 is 53.4 Å². The molecule has 0 unspecified atom stereocenters. The molecule has 3 N–H and O–H groups in total. The van der Waals surface area contributed by atoms with Crippen LogP contribution in [0.3, 0.4) is 0 Å². The van der Waals surface area contributed by atoms with E-state index in [1.165, 1.54) is 11.8 Å². The summed E-state index contributed by atoms with van der Waals surface area (Å²) >= 11 is 18.2. The van der Waals surface area contributed by atoms with Crippen molar-refractivity contribution in [1.82, 2.24) is 9.97 Å². The van der Waals surface area contributed by atoms with Gasteiger partial charge in [-0.05, 0) is 38.8 Å². The van der Waals surface area contributed by atoms with Gasteiger partial charge in [-0.3, -0.25) is 0 Å². The fourth-order valence-electron chi connectivity index (χ4n) is 3.55. The minimum atomic E-state index is -0.196. The smallest absolute Gasteiger partial charge is 0.153 e. The van der Waals surface area contributed by atoms with Gasteiger partial charge in [0.15, 0.2) is 5.82 Å². The molecule has 0 bridgehead atoms. The van der Waals surface area contributed by atoms with E-state index < -0.39 is 0 Å². The molecular formula is C21H28Cl2N4O2S2. The van der Waals surface area contributed by atoms with Gasteiger partial charge >= 0.3 is 0 Å². The number of aliphatic hydroxyl groups excluding tert-OH is 1. The third-order valence-corrected chi connectivity index (χ3v) is 7.76. The largest absolute Gasteiger partial charge is 0.390 e. The molecule has 10 heteroatoms. The summed E-state index contributed by atoms with van der Waals surface area (Å²) < 4.78 is 5.75. The molecule has 1 saturated heterocycles. The molecule has 1 aliphatic heterocycles. The first-order chi connectivity index (χ1) is 14.8. The van der Waals surface area contributed by atoms with Crippen molar-refractivity contribution in [2.45, 2.75) is 48.7 Å². The molecule has 1 aromatic heterocycles. The number of thiol groups is 1. The quantitative estimate of drug-likeness (QED) is 0.359. The Morgan fingerprint density at radius 1 is 1.32 bits per heavy atom. The molecule has 0 saturated carbocycles. The van der Waals surface area contributed by atoms with Gasteiger partial charge in [-0.2, -0.15) is 0 Å². The van der Waals surface area contributed by atoms with Gasteiger partial charge in [0, 0.05) is 29.9 Å². The third-order valence-electron chi connectivity index (χ3n) is 5.54. The van der Waals surface area contributed by atoms with Crippen LogP contribution in [0, 0.1) is 12.3 Å². The van der Waals surface area contributed by atoms with Crippen LogP contribution < -0.4 is 10.6 Å². The maximum atomic E-state index is 9.99. The lowest BCUT2D eigenvalue weighted by Crippen LogP contribution is -2.47. The van der Waals surface area contributed by atoms with E-state index in [0.29, 0.717) is 33.9 Å². The van der Waals surface area contributed by atoms with Gasteiger partial charge in [0.1, 0.15) is 10.7 Å². The minimum Gasteiger partial charge on any atom is -0.390 e. The predicted octanol–water partition coefficient (Wildman–Crippen LogP) is 4.57. The van der Waals surface area contributed by atoms with Crippen molar-refractivity contribution in [3.8, 4) is 0 Å². The van der Waals surface area contributed by atoms with Crippen LogP contribution in [-0.2, 0) is 11.3 Å². The first-order valence-corrected chi connectivity index (χ1v) is 12.2. The van der Waals surface area contributed by atoms with E-state index in [1.807, 2.05) is 26.0 Å². The number of benzene rings is 1. The van der Waals surface area contributed by atoms with E-state index in [0.717, 1.165) is 42.3 Å². The topological polar surface area (TPSA) is 84.5 Å². The lowest BCUT2D eigenvalue weighted by atomic mass is 9.79. The number of aliphatic hydroxyl groups is 1. The summed E-state index contributed by atoms with van der Waals surface area (Å²) in [6, 6.07) is 5.47. The average molecular weight is 504 g/mol. The molecule has 3 rings (SSSR count). The molecule has 6 nitrogen and oxygen atoms in total. The van der Waals surface area contributed by atoms with Gasteiger partial charge in [-0.25, -0.2) is 9.97 Å². The Hall–Kier alpha value is -0.740. The fourth-order valence-corrected chi connectivity index (χ4v) is 5.00. The fraction of sp³-hybridized carbons (Fsp3) is 0.524. The first-order valence-electron chi connectivity index (χ1n) is 10.1. The highest BCUT2D eigenvalue weighted by Crippen LogP contribution is 2.39. The van der Waals surface area contributed by atoms with E-state index in [4.69, 9.17) is 43.6 Å². The van der Waals surface area contributed by atoms with Gasteiger partial charge in [0.05, 0.1) is 34.4 Å². The summed E-state index contributed by atoms with van der Waals surface area (Å²) in [6.07, 6.45) is 1.76. The number of ether oxygens (including phenoxy) is 1. The zero-order chi connectivity index (χ0) is 22.6. The van der Waals surface area contributed by atoms with Gasteiger partial charge in [-0.15, -0.1) is 12.6 Å². The van der Waals surface area contributed by atoms with Crippen LogP contribution >= 0.6 is 47.6 Å². The number of nitrogens with zero attached hydrogens (tertiary/aromatic N) is 3. The van der Waals surface area contributed by atoms with Crippen LogP contribution in [0.5, 0.6) is 0 Å². The number of hydrogen-bond donors (Lipinski definition) is 3. The first kappa shape index (κ1) is 24.9. The summed E-state index contributed by atoms with van der Waals surface area (Å²) in [7, 11) is 0. The van der Waals surface area contributed by atoms with Crippen LogP contribution in [0.4, 0.5) is 5.82 Å². The monoisotopic (exact) mass is 502 g/mol. The van der Waals surface area contributed by atoms with Gasteiger partial charge < -0.3 is 20.5 Å². The van der Waals surface area contributed by atoms with Crippen molar-refractivity contribution in [1.29, 1.82) is 0 Å². The van der Waals surface area contributed by atoms with Crippen LogP contribution in [0.15, 0.2) is 28.1 Å². The highest BCUT2D eigenvalue weighted by atomic mass is 35.5. The number of aryl methyl sites for hydroxylation is 1. The number of piperidine rings is 1. The van der Waals surface area contributed by atoms with Gasteiger partial charge in [-0.1, -0.05) is 41.0 Å². The number of aromatic nitrogens is 2. The lowest BCUT2D eigenvalue weighted by Gasteiger charge is -2.42. The van der Waals surface area contributed by atoms with Crippen LogP contribution in [0.25, 0.3) is 0 Å². The molecule has 0 aliphatic carbocycles. The summed E-state index contributed by atoms with van der Waals surface area (Å²) in [6.45, 7) is 6.33. The van der Waals surface area contributed by atoms with Gasteiger partial charge in [0.25, 0.3) is 0 Å². The van der Waals surface area contributed by atoms with Crippen LogP contribution in [-0.4, -0.2) is 46.8 Å². The zero-order valence-corrected chi connectivity index (χ0v) is 20.9. The van der Waals surface area contributed by atoms with Gasteiger partial charge in [0.2, 0.25) is 0 Å². The molecule has 31 heavy (non-hydrogen) atoms. The van der Waals surface area contributed by atoms with Crippen molar-refractivity contribution < 1.29 is 9.84 Å². The highest BCUT2D eigenvalue weighted by Gasteiger charge is 2.35. The van der Waals surface area contributed by atoms with Crippen molar-refractivity contribution in [2.75, 3.05) is 31.1 Å². The SMILES string of the molecule is Cc1nc(N2CCC(CN)(CO[C@@H](C)S)CC2)c(CO)nc1Sc1cccc(Cl)c1Cl. The molecule has 1 fully saturated rings. The lowest BCUT2D eigenvalue weighted by molar-refractivity contribution is 0.0268. The standard InChI is InChI=1S/C21H28Cl2N4O2S2/c1-13-20(31-17-5-3-4-15(22)18(17)23)26-16(10-28)19(25-13)27-8-6-21(11-24,7-9-27)12-29-14(2)30/h3-5,14,28,30H,6-12,24H2,1-2H3/t14-/m1/s1. The predicted molar refractivity (Wildman–Crippen MR) is 131 cm³/mol. The van der Waals surface area contributed by atoms with E-state index in [2.05, 4.69) is 17.5 Å². The molecule has 1 aromatic carbocycles. The average Bonchev–Trinajstić information content (AvgIpc) is 2.77. The third kappa shape index (κ3) is 5.99. The van der Waals surface area contributed by atoms with E-state index in [-0.39, 0.29) is 17.5 Å². The summed E-state index contributed by atoms with van der Waals surface area (Å²) in [5.41, 5.74) is 7.23. The zero-order valence-electron chi connectivity index (χ0n) is 17.6. The minimum absolute atomic E-state index is 0.0611. The van der Waals surface area contributed by atoms with E-state index in [1.54, 1.807) is 6.07 Å². The number of nitrogens with two attached hydrogens (primary N) is 1. The Balaban J connectivity index is 1.78. The van der Waals surface area contributed by atoms with Crippen molar-refractivity contribution in [3.63, 3.8) is 0 Å². The Labute approximate surface area is 203 Å². The number of rotatable bonds is 8. The Morgan fingerprint density at radius 2 is 2.03 bits per heavy atom. The molecule has 1 aliphatic rings. The van der Waals surface area contributed by atoms with Crippen molar-refractivity contribution in [2.24, 2.45) is 11.1 Å². The molecule has 0 amide bonds. The molecule has 0 radical (unpaired) electrons. The van der Waals surface area contributed by atoms with E-state index >= 15 is 0 Å². The maximum absolute atomic E-state index is 9.99. The Bertz CT molecular complexity index is 909. The molecule has 170 valence electrons. The second-order valence-corrected chi connectivity index (χ2v) is 10.3. The molecule has 2 aromatic rings. The van der Waals surface area contributed by atoms with Crippen molar-refractivity contribution in [3.05, 3.63) is 39.6 Å². The summed E-state index contributed by atoms with van der Waals surface area (Å²) in [5, 5.41) is 11.7. The number of halogens is 2. The second-order valence-electron chi connectivity index (χ2n) is 7.80. The Morgan fingerprint density at radius 3 is 2.65 bits per heavy atom. The number of anilines is 1. The highest BCUT2D eigenvalue weighted by molar-refractivity contribution is 7.99. The molecular weight excluding hydrogens is 475 g/mol. The second kappa shape index (κ2) is 10.9. The molecule has 1 atom stereocenters. The molecule has 2 heterocycles. The number of hydrogen-bond acceptors (Lipinski definition) is 8. The van der Waals surface area contributed by atoms with Crippen LogP contribution in [0.2, 0.25) is 10.0 Å². The summed E-state index contributed by atoms with van der Waals surface area (Å²) in [5.74, 6) is 0.718. The maximum Gasteiger partial charge on any atom is 0.153 e. The van der Waals surface area contributed by atoms with Crippen LogP contribution in [0.1, 0.15) is 31.2 Å². The molecule has 0 spiro atoms. The Kier molecular flexibility index (Phi) is 8.77. The normalized spacial score (nSPS) is 17.1. The van der Waals surface area contributed by atoms with E-state index in [9.17, 15) is 5.11 Å².